The largest absolute Gasteiger partial charge is 0.486 e. The van der Waals surface area contributed by atoms with Crippen molar-refractivity contribution in [1.29, 1.82) is 0 Å². The van der Waals surface area contributed by atoms with E-state index in [-0.39, 0.29) is 11.8 Å². The van der Waals surface area contributed by atoms with Gasteiger partial charge in [-0.3, -0.25) is 4.79 Å². The van der Waals surface area contributed by atoms with Gasteiger partial charge in [-0.15, -0.1) is 0 Å². The molecule has 0 aromatic heterocycles. The number of piperidine rings is 1. The van der Waals surface area contributed by atoms with E-state index in [2.05, 4.69) is 70.9 Å². The summed E-state index contributed by atoms with van der Waals surface area (Å²) in [7, 11) is 0. The van der Waals surface area contributed by atoms with Crippen LogP contribution >= 0.6 is 0 Å². The van der Waals surface area contributed by atoms with E-state index in [1.54, 1.807) is 0 Å². The second-order valence-electron chi connectivity index (χ2n) is 9.47. The van der Waals surface area contributed by atoms with Crippen molar-refractivity contribution in [3.05, 3.63) is 95.6 Å². The Labute approximate surface area is 208 Å². The van der Waals surface area contributed by atoms with Gasteiger partial charge in [0.1, 0.15) is 13.2 Å². The Kier molecular flexibility index (Phi) is 7.64. The summed E-state index contributed by atoms with van der Waals surface area (Å²) in [5.74, 6) is 2.18. The number of amides is 1. The average molecular weight is 471 g/mol. The van der Waals surface area contributed by atoms with Crippen LogP contribution in [0.2, 0.25) is 0 Å². The number of carbonyl (C=O) groups is 1. The molecule has 35 heavy (non-hydrogen) atoms. The van der Waals surface area contributed by atoms with Crippen LogP contribution in [0.1, 0.15) is 41.9 Å². The summed E-state index contributed by atoms with van der Waals surface area (Å²) in [6.45, 7) is 4.65. The first kappa shape index (κ1) is 23.4. The summed E-state index contributed by atoms with van der Waals surface area (Å²) in [5, 5.41) is 3.13. The number of rotatable bonds is 8. The van der Waals surface area contributed by atoms with E-state index in [1.165, 1.54) is 11.1 Å². The third-order valence-corrected chi connectivity index (χ3v) is 7.17. The highest BCUT2D eigenvalue weighted by Gasteiger charge is 2.25. The molecule has 0 atom stereocenters. The molecule has 3 aromatic rings. The van der Waals surface area contributed by atoms with Crippen molar-refractivity contribution >= 4 is 5.91 Å². The molecule has 1 fully saturated rings. The molecule has 2 heterocycles. The second-order valence-corrected chi connectivity index (χ2v) is 9.47. The summed E-state index contributed by atoms with van der Waals surface area (Å²) < 4.78 is 11.2. The third kappa shape index (κ3) is 6.04. The Morgan fingerprint density at radius 3 is 2.14 bits per heavy atom. The van der Waals surface area contributed by atoms with Crippen LogP contribution in [-0.4, -0.2) is 43.7 Å². The minimum atomic E-state index is 0.0857. The molecule has 0 saturated carbocycles. The molecule has 5 nitrogen and oxygen atoms in total. The smallest absolute Gasteiger partial charge is 0.223 e. The molecule has 0 aliphatic carbocycles. The van der Waals surface area contributed by atoms with Crippen molar-refractivity contribution < 1.29 is 14.3 Å². The van der Waals surface area contributed by atoms with Gasteiger partial charge in [0.25, 0.3) is 0 Å². The van der Waals surface area contributed by atoms with E-state index in [0.29, 0.717) is 25.7 Å². The maximum Gasteiger partial charge on any atom is 0.223 e. The molecular formula is C30H34N2O3. The Bertz CT molecular complexity index is 1060. The number of fused-ring (bicyclic) bond motifs is 1. The molecule has 3 aromatic carbocycles. The number of hydrogen-bond donors (Lipinski definition) is 1. The molecule has 0 bridgehead atoms. The normalized spacial score (nSPS) is 16.3. The van der Waals surface area contributed by atoms with E-state index in [1.807, 2.05) is 18.2 Å². The van der Waals surface area contributed by atoms with E-state index in [4.69, 9.17) is 9.47 Å². The zero-order chi connectivity index (χ0) is 23.9. The maximum absolute atomic E-state index is 12.8. The first-order valence-electron chi connectivity index (χ1n) is 12.7. The molecule has 0 unspecified atom stereocenters. The Balaban J connectivity index is 1.10. The molecule has 1 saturated heterocycles. The SMILES string of the molecule is O=C(NCc1ccc2c(c1)OCCO2)C1CCN(CCC(c2ccccc2)c2ccccc2)CC1. The highest BCUT2D eigenvalue weighted by molar-refractivity contribution is 5.78. The van der Waals surface area contributed by atoms with Gasteiger partial charge in [-0.2, -0.15) is 0 Å². The van der Waals surface area contributed by atoms with Crippen LogP contribution in [0.15, 0.2) is 78.9 Å². The zero-order valence-corrected chi connectivity index (χ0v) is 20.2. The average Bonchev–Trinajstić information content (AvgIpc) is 2.93. The molecule has 1 N–H and O–H groups in total. The van der Waals surface area contributed by atoms with E-state index in [0.717, 1.165) is 56.0 Å². The zero-order valence-electron chi connectivity index (χ0n) is 20.2. The van der Waals surface area contributed by atoms with Gasteiger partial charge in [-0.05, 0) is 67.7 Å². The lowest BCUT2D eigenvalue weighted by Gasteiger charge is -2.32. The van der Waals surface area contributed by atoms with Crippen molar-refractivity contribution in [2.75, 3.05) is 32.8 Å². The minimum Gasteiger partial charge on any atom is -0.486 e. The Hall–Kier alpha value is -3.31. The van der Waals surface area contributed by atoms with Crippen molar-refractivity contribution in [3.8, 4) is 11.5 Å². The molecule has 0 radical (unpaired) electrons. The van der Waals surface area contributed by atoms with E-state index >= 15 is 0 Å². The molecule has 1 amide bonds. The van der Waals surface area contributed by atoms with Crippen molar-refractivity contribution in [1.82, 2.24) is 10.2 Å². The van der Waals surface area contributed by atoms with E-state index in [9.17, 15) is 4.79 Å². The molecule has 5 rings (SSSR count). The number of carbonyl (C=O) groups excluding carboxylic acids is 1. The topological polar surface area (TPSA) is 50.8 Å². The predicted molar refractivity (Wildman–Crippen MR) is 138 cm³/mol. The summed E-state index contributed by atoms with van der Waals surface area (Å²) in [6, 6.07) is 27.5. The number of benzene rings is 3. The fourth-order valence-corrected chi connectivity index (χ4v) is 5.16. The van der Waals surface area contributed by atoms with Crippen molar-refractivity contribution in [2.24, 2.45) is 5.92 Å². The van der Waals surface area contributed by atoms with Crippen LogP contribution in [0, 0.1) is 5.92 Å². The van der Waals surface area contributed by atoms with Gasteiger partial charge in [0.2, 0.25) is 5.91 Å². The molecule has 182 valence electrons. The lowest BCUT2D eigenvalue weighted by Crippen LogP contribution is -2.40. The standard InChI is InChI=1S/C30H34N2O3/c33-30(31-22-23-11-12-28-29(21-23)35-20-19-34-28)26-13-16-32(17-14-26)18-15-27(24-7-3-1-4-8-24)25-9-5-2-6-10-25/h1-12,21,26-27H,13-20,22H2,(H,31,33). The summed E-state index contributed by atoms with van der Waals surface area (Å²) in [5.41, 5.74) is 3.77. The number of hydrogen-bond acceptors (Lipinski definition) is 4. The van der Waals surface area contributed by atoms with Crippen LogP contribution < -0.4 is 14.8 Å². The fraction of sp³-hybridized carbons (Fsp3) is 0.367. The maximum atomic E-state index is 12.8. The van der Waals surface area contributed by atoms with E-state index < -0.39 is 0 Å². The quantitative estimate of drug-likeness (QED) is 0.503. The molecule has 2 aliphatic heterocycles. The molecule has 0 spiro atoms. The summed E-state index contributed by atoms with van der Waals surface area (Å²) >= 11 is 0. The van der Waals surface area contributed by atoms with Crippen molar-refractivity contribution in [3.63, 3.8) is 0 Å². The van der Waals surface area contributed by atoms with Crippen LogP contribution in [0.3, 0.4) is 0 Å². The first-order chi connectivity index (χ1) is 17.3. The number of nitrogens with zero attached hydrogens (tertiary/aromatic N) is 1. The first-order valence-corrected chi connectivity index (χ1v) is 12.7. The molecular weight excluding hydrogens is 436 g/mol. The lowest BCUT2D eigenvalue weighted by atomic mass is 9.88. The van der Waals surface area contributed by atoms with Crippen LogP contribution in [0.25, 0.3) is 0 Å². The van der Waals surface area contributed by atoms with Gasteiger partial charge < -0.3 is 19.7 Å². The molecule has 2 aliphatic rings. The number of ether oxygens (including phenoxy) is 2. The minimum absolute atomic E-state index is 0.0857. The van der Waals surface area contributed by atoms with Crippen LogP contribution in [0.5, 0.6) is 11.5 Å². The Morgan fingerprint density at radius 1 is 0.857 bits per heavy atom. The van der Waals surface area contributed by atoms with Gasteiger partial charge in [-0.25, -0.2) is 0 Å². The lowest BCUT2D eigenvalue weighted by molar-refractivity contribution is -0.126. The summed E-state index contributed by atoms with van der Waals surface area (Å²) in [4.78, 5) is 15.3. The second kappa shape index (κ2) is 11.4. The summed E-state index contributed by atoms with van der Waals surface area (Å²) in [6.07, 6.45) is 2.90. The number of likely N-dealkylation sites (tertiary alicyclic amines) is 1. The van der Waals surface area contributed by atoms with Gasteiger partial charge in [0.05, 0.1) is 0 Å². The van der Waals surface area contributed by atoms with Crippen LogP contribution in [0.4, 0.5) is 0 Å². The highest BCUT2D eigenvalue weighted by Crippen LogP contribution is 2.31. The fourth-order valence-electron chi connectivity index (χ4n) is 5.16. The molecule has 5 heteroatoms. The van der Waals surface area contributed by atoms with Gasteiger partial charge in [-0.1, -0.05) is 66.7 Å². The Morgan fingerprint density at radius 2 is 1.49 bits per heavy atom. The number of nitrogens with one attached hydrogen (secondary N) is 1. The van der Waals surface area contributed by atoms with Gasteiger partial charge in [0.15, 0.2) is 11.5 Å². The van der Waals surface area contributed by atoms with Crippen molar-refractivity contribution in [2.45, 2.75) is 31.7 Å². The third-order valence-electron chi connectivity index (χ3n) is 7.17. The monoisotopic (exact) mass is 470 g/mol. The van der Waals surface area contributed by atoms with Gasteiger partial charge in [0, 0.05) is 18.4 Å². The predicted octanol–water partition coefficient (Wildman–Crippen LogP) is 5.01. The van der Waals surface area contributed by atoms with Crippen LogP contribution in [-0.2, 0) is 11.3 Å². The highest BCUT2D eigenvalue weighted by atomic mass is 16.6. The van der Waals surface area contributed by atoms with Gasteiger partial charge >= 0.3 is 0 Å².